The number of carbonyl (C=O) groups excluding carboxylic acids is 1. The van der Waals surface area contributed by atoms with Gasteiger partial charge in [0.15, 0.2) is 4.80 Å². The third kappa shape index (κ3) is 4.56. The average molecular weight is 528 g/mol. The van der Waals surface area contributed by atoms with E-state index in [1.54, 1.807) is 11.5 Å². The maximum atomic E-state index is 14.0. The topological polar surface area (TPSA) is 65.6 Å². The molecule has 1 unspecified atom stereocenters. The van der Waals surface area contributed by atoms with Gasteiger partial charge in [0.1, 0.15) is 0 Å². The summed E-state index contributed by atoms with van der Waals surface area (Å²) >= 11 is 1.37. The van der Waals surface area contributed by atoms with Crippen molar-refractivity contribution in [2.24, 2.45) is 12.0 Å². The van der Waals surface area contributed by atoms with Crippen LogP contribution in [0, 0.1) is 0 Å². The van der Waals surface area contributed by atoms with E-state index in [2.05, 4.69) is 49.6 Å². The number of benzene rings is 2. The maximum Gasteiger partial charge on any atom is 0.338 e. The van der Waals surface area contributed by atoms with Crippen LogP contribution in [0.15, 0.2) is 75.8 Å². The lowest BCUT2D eigenvalue weighted by Gasteiger charge is -2.26. The van der Waals surface area contributed by atoms with Crippen molar-refractivity contribution in [3.05, 3.63) is 102 Å². The van der Waals surface area contributed by atoms with Crippen LogP contribution in [0.2, 0.25) is 0 Å². The predicted molar refractivity (Wildman–Crippen MR) is 153 cm³/mol. The number of hydrogen-bond donors (Lipinski definition) is 0. The lowest BCUT2D eigenvalue weighted by atomic mass is 9.92. The Morgan fingerprint density at radius 1 is 1.13 bits per heavy atom. The van der Waals surface area contributed by atoms with Crippen LogP contribution in [-0.4, -0.2) is 21.7 Å². The molecule has 0 spiro atoms. The summed E-state index contributed by atoms with van der Waals surface area (Å²) in [5.74, 6) is -0.0385. The number of ether oxygens (including phenoxy) is 1. The fourth-order valence-corrected chi connectivity index (χ4v) is 6.14. The van der Waals surface area contributed by atoms with Gasteiger partial charge in [-0.1, -0.05) is 81.0 Å². The van der Waals surface area contributed by atoms with Gasteiger partial charge in [-0.25, -0.2) is 9.79 Å². The van der Waals surface area contributed by atoms with Gasteiger partial charge in [-0.2, -0.15) is 0 Å². The highest BCUT2D eigenvalue weighted by Gasteiger charge is 2.34. The first-order valence-corrected chi connectivity index (χ1v) is 14.0. The first kappa shape index (κ1) is 25.9. The van der Waals surface area contributed by atoms with Crippen LogP contribution in [0.25, 0.3) is 17.0 Å². The van der Waals surface area contributed by atoms with Crippen LogP contribution in [0.5, 0.6) is 0 Å². The number of hydrogen-bond acceptors (Lipinski definition) is 5. The zero-order valence-electron chi connectivity index (χ0n) is 22.5. The average Bonchev–Trinajstić information content (AvgIpc) is 3.39. The van der Waals surface area contributed by atoms with Gasteiger partial charge < -0.3 is 9.30 Å². The molecule has 3 heterocycles. The zero-order chi connectivity index (χ0) is 27.0. The van der Waals surface area contributed by atoms with E-state index in [-0.39, 0.29) is 12.2 Å². The SMILES string of the molecule is CCCC1=C(C(=O)OCC)C(c2ccc(C(C)C)cc2)n2c(s/c(=C/c3cn(C)c4ccccc34)c2=O)=N1. The number of esters is 1. The Bertz CT molecular complexity index is 1720. The molecule has 0 N–H and O–H groups in total. The summed E-state index contributed by atoms with van der Waals surface area (Å²) < 4.78 is 9.83. The molecule has 0 fully saturated rings. The minimum Gasteiger partial charge on any atom is -0.463 e. The number of aryl methyl sites for hydroxylation is 1. The minimum atomic E-state index is -0.595. The van der Waals surface area contributed by atoms with Crippen LogP contribution in [-0.2, 0) is 16.6 Å². The Balaban J connectivity index is 1.76. The highest BCUT2D eigenvalue weighted by atomic mass is 32.1. The molecule has 0 bridgehead atoms. The van der Waals surface area contributed by atoms with Crippen molar-refractivity contribution < 1.29 is 9.53 Å². The van der Waals surface area contributed by atoms with E-state index >= 15 is 0 Å². The number of aromatic nitrogens is 2. The lowest BCUT2D eigenvalue weighted by molar-refractivity contribution is -0.139. The first-order valence-electron chi connectivity index (χ1n) is 13.2. The second-order valence-corrected chi connectivity index (χ2v) is 11.0. The molecule has 4 aromatic rings. The van der Waals surface area contributed by atoms with E-state index in [4.69, 9.17) is 9.73 Å². The normalized spacial score (nSPS) is 15.7. The van der Waals surface area contributed by atoms with Crippen molar-refractivity contribution in [2.45, 2.75) is 52.5 Å². The Hall–Kier alpha value is -3.71. The van der Waals surface area contributed by atoms with Crippen molar-refractivity contribution in [3.8, 4) is 0 Å². The number of fused-ring (bicyclic) bond motifs is 2. The number of thiazole rings is 1. The monoisotopic (exact) mass is 527 g/mol. The van der Waals surface area contributed by atoms with Crippen molar-refractivity contribution >= 4 is 34.3 Å². The van der Waals surface area contributed by atoms with Crippen molar-refractivity contribution in [2.75, 3.05) is 6.61 Å². The van der Waals surface area contributed by atoms with Crippen LogP contribution in [0.3, 0.4) is 0 Å². The van der Waals surface area contributed by atoms with Crippen molar-refractivity contribution in [1.29, 1.82) is 0 Å². The molecular formula is C31H33N3O3S. The molecule has 1 atom stereocenters. The Labute approximate surface area is 226 Å². The third-order valence-electron chi connectivity index (χ3n) is 7.03. The van der Waals surface area contributed by atoms with E-state index in [9.17, 15) is 9.59 Å². The Kier molecular flexibility index (Phi) is 7.21. The van der Waals surface area contributed by atoms with E-state index in [1.807, 2.05) is 43.6 Å². The fourth-order valence-electron chi connectivity index (χ4n) is 5.13. The largest absolute Gasteiger partial charge is 0.463 e. The molecule has 0 radical (unpaired) electrons. The van der Waals surface area contributed by atoms with Gasteiger partial charge in [0.05, 0.1) is 28.5 Å². The summed E-state index contributed by atoms with van der Waals surface area (Å²) in [4.78, 5) is 32.8. The molecule has 2 aromatic carbocycles. The summed E-state index contributed by atoms with van der Waals surface area (Å²) in [5.41, 5.74) is 5.15. The van der Waals surface area contributed by atoms with Gasteiger partial charge >= 0.3 is 5.97 Å². The number of rotatable bonds is 7. The summed E-state index contributed by atoms with van der Waals surface area (Å²) in [6.45, 7) is 8.41. The summed E-state index contributed by atoms with van der Waals surface area (Å²) in [6, 6.07) is 15.8. The number of para-hydroxylation sites is 1. The molecule has 2 aromatic heterocycles. The molecule has 0 aliphatic carbocycles. The van der Waals surface area contributed by atoms with Gasteiger partial charge in [0.2, 0.25) is 0 Å². The molecule has 0 saturated carbocycles. The molecule has 196 valence electrons. The molecule has 0 saturated heterocycles. The van der Waals surface area contributed by atoms with Crippen LogP contribution in [0.4, 0.5) is 0 Å². The van der Waals surface area contributed by atoms with E-state index in [0.717, 1.165) is 28.5 Å². The molecule has 5 rings (SSSR count). The van der Waals surface area contributed by atoms with Gasteiger partial charge in [0, 0.05) is 29.7 Å². The fraction of sp³-hybridized carbons (Fsp3) is 0.323. The van der Waals surface area contributed by atoms with Crippen LogP contribution >= 0.6 is 11.3 Å². The molecule has 6 nitrogen and oxygen atoms in total. The van der Waals surface area contributed by atoms with Crippen LogP contribution in [0.1, 0.15) is 69.2 Å². The predicted octanol–water partition coefficient (Wildman–Crippen LogP) is 5.19. The summed E-state index contributed by atoms with van der Waals surface area (Å²) in [7, 11) is 2.00. The smallest absolute Gasteiger partial charge is 0.338 e. The lowest BCUT2D eigenvalue weighted by Crippen LogP contribution is -2.40. The molecule has 7 heteroatoms. The van der Waals surface area contributed by atoms with Crippen molar-refractivity contribution in [1.82, 2.24) is 9.13 Å². The van der Waals surface area contributed by atoms with E-state index in [0.29, 0.717) is 32.9 Å². The van der Waals surface area contributed by atoms with Gasteiger partial charge in [-0.3, -0.25) is 9.36 Å². The minimum absolute atomic E-state index is 0.156. The van der Waals surface area contributed by atoms with Gasteiger partial charge in [-0.15, -0.1) is 0 Å². The molecule has 0 amide bonds. The number of allylic oxidation sites excluding steroid dienone is 1. The molecular weight excluding hydrogens is 494 g/mol. The standard InChI is InChI=1S/C31H33N3O3S/c1-6-10-24-27(30(36)37-7-2)28(21-15-13-20(14-16-21)19(3)4)34-29(35)26(38-31(34)32-24)17-22-18-33(5)25-12-9-8-11-23(22)25/h8-9,11-19,28H,6-7,10H2,1-5H3/b26-17+. The number of carbonyl (C=O) groups is 1. The Morgan fingerprint density at radius 2 is 1.87 bits per heavy atom. The van der Waals surface area contributed by atoms with Crippen molar-refractivity contribution in [3.63, 3.8) is 0 Å². The van der Waals surface area contributed by atoms with Crippen LogP contribution < -0.4 is 14.9 Å². The molecule has 38 heavy (non-hydrogen) atoms. The second-order valence-electron chi connectivity index (χ2n) is 9.95. The van der Waals surface area contributed by atoms with E-state index in [1.165, 1.54) is 16.9 Å². The zero-order valence-corrected chi connectivity index (χ0v) is 23.3. The van der Waals surface area contributed by atoms with E-state index < -0.39 is 12.0 Å². The number of nitrogens with zero attached hydrogens (tertiary/aromatic N) is 3. The molecule has 1 aliphatic heterocycles. The second kappa shape index (κ2) is 10.6. The highest BCUT2D eigenvalue weighted by molar-refractivity contribution is 7.07. The summed E-state index contributed by atoms with van der Waals surface area (Å²) in [6.07, 6.45) is 5.44. The maximum absolute atomic E-state index is 14.0. The highest BCUT2D eigenvalue weighted by Crippen LogP contribution is 2.33. The summed E-state index contributed by atoms with van der Waals surface area (Å²) in [5, 5.41) is 1.08. The molecule has 1 aliphatic rings. The first-order chi connectivity index (χ1) is 18.3. The third-order valence-corrected chi connectivity index (χ3v) is 8.01. The quantitative estimate of drug-likeness (QED) is 0.311. The van der Waals surface area contributed by atoms with Gasteiger partial charge in [0.25, 0.3) is 5.56 Å². The Morgan fingerprint density at radius 3 is 2.55 bits per heavy atom. The van der Waals surface area contributed by atoms with Gasteiger partial charge in [-0.05, 0) is 42.5 Å².